The zero-order valence-electron chi connectivity index (χ0n) is 21.1. The number of nitriles is 1. The monoisotopic (exact) mass is 611 g/mol. The molecule has 0 saturated carbocycles. The fourth-order valence-corrected chi connectivity index (χ4v) is 4.04. The van der Waals surface area contributed by atoms with Gasteiger partial charge in [0.05, 0.1) is 24.3 Å². The Balaban J connectivity index is 1.71. The summed E-state index contributed by atoms with van der Waals surface area (Å²) in [5.74, 6) is -1.02. The molecule has 0 bridgehead atoms. The number of methoxy groups -OCH3 is 2. The molecule has 0 aromatic heterocycles. The molecule has 9 nitrogen and oxygen atoms in total. The third-order valence-corrected chi connectivity index (χ3v) is 6.29. The number of benzene rings is 3. The number of carbonyl (C=O) groups is 3. The molecule has 0 aliphatic heterocycles. The van der Waals surface area contributed by atoms with Crippen molar-refractivity contribution >= 4 is 62.8 Å². The highest BCUT2D eigenvalue weighted by Crippen LogP contribution is 2.37. The van der Waals surface area contributed by atoms with E-state index in [0.29, 0.717) is 32.0 Å². The first-order valence-electron chi connectivity index (χ1n) is 11.3. The number of aryl methyl sites for hydroxylation is 1. The fourth-order valence-electron chi connectivity index (χ4n) is 3.29. The average Bonchev–Trinajstić information content (AvgIpc) is 2.92. The van der Waals surface area contributed by atoms with Gasteiger partial charge in [0.25, 0.3) is 11.8 Å². The Hall–Kier alpha value is -4.33. The molecule has 3 rings (SSSR count). The van der Waals surface area contributed by atoms with Gasteiger partial charge in [-0.3, -0.25) is 9.59 Å². The summed E-state index contributed by atoms with van der Waals surface area (Å²) in [6, 6.07) is 16.3. The molecular formula is C28H23BrClN3O6. The van der Waals surface area contributed by atoms with E-state index in [0.717, 1.165) is 5.56 Å². The Morgan fingerprint density at radius 3 is 2.33 bits per heavy atom. The number of esters is 1. The Morgan fingerprint density at radius 2 is 1.72 bits per heavy atom. The van der Waals surface area contributed by atoms with Crippen LogP contribution in [0.4, 0.5) is 11.4 Å². The van der Waals surface area contributed by atoms with Gasteiger partial charge in [-0.15, -0.1) is 0 Å². The first kappa shape index (κ1) is 29.2. The summed E-state index contributed by atoms with van der Waals surface area (Å²) in [5.41, 5.74) is 2.43. The number of nitrogens with one attached hydrogen (secondary N) is 2. The number of halogens is 2. The molecule has 0 heterocycles. The van der Waals surface area contributed by atoms with E-state index in [-0.39, 0.29) is 23.7 Å². The number of amides is 2. The van der Waals surface area contributed by atoms with Gasteiger partial charge in [0.1, 0.15) is 11.6 Å². The van der Waals surface area contributed by atoms with Gasteiger partial charge in [-0.1, -0.05) is 17.7 Å². The van der Waals surface area contributed by atoms with Gasteiger partial charge in [-0.05, 0) is 88.6 Å². The van der Waals surface area contributed by atoms with E-state index in [1.54, 1.807) is 30.3 Å². The molecule has 0 spiro atoms. The molecule has 200 valence electrons. The largest absolute Gasteiger partial charge is 0.493 e. The van der Waals surface area contributed by atoms with Crippen LogP contribution < -0.4 is 20.1 Å². The van der Waals surface area contributed by atoms with Crippen molar-refractivity contribution in [2.24, 2.45) is 0 Å². The Kier molecular flexibility index (Phi) is 10.1. The summed E-state index contributed by atoms with van der Waals surface area (Å²) in [4.78, 5) is 36.6. The maximum Gasteiger partial charge on any atom is 0.337 e. The molecule has 3 aromatic rings. The summed E-state index contributed by atoms with van der Waals surface area (Å²) in [7, 11) is 2.69. The number of hydrogen-bond donors (Lipinski definition) is 2. The van der Waals surface area contributed by atoms with Crippen molar-refractivity contribution in [3.8, 4) is 17.6 Å². The Bertz CT molecular complexity index is 1480. The first-order chi connectivity index (χ1) is 18.6. The highest BCUT2D eigenvalue weighted by molar-refractivity contribution is 9.10. The molecule has 2 amide bonds. The number of carbonyl (C=O) groups excluding carboxylic acids is 3. The maximum atomic E-state index is 12.7. The van der Waals surface area contributed by atoms with E-state index in [4.69, 9.17) is 21.1 Å². The molecular weight excluding hydrogens is 590 g/mol. The summed E-state index contributed by atoms with van der Waals surface area (Å²) in [6.45, 7) is 1.55. The standard InChI is InChI=1S/C28H23BrClN3O6/c1-16-4-7-21(13-23(16)30)32-25(34)15-39-26-22(29)11-17(12-24(26)37-2)10-19(14-31)27(35)33-20-8-5-18(6-9-20)28(36)38-3/h4-13H,15H2,1-3H3,(H,32,34)(H,33,35)/b19-10-. The second-order valence-corrected chi connectivity index (χ2v) is 9.29. The van der Waals surface area contributed by atoms with Crippen molar-refractivity contribution in [3.63, 3.8) is 0 Å². The Labute approximate surface area is 238 Å². The predicted molar refractivity (Wildman–Crippen MR) is 151 cm³/mol. The highest BCUT2D eigenvalue weighted by atomic mass is 79.9. The van der Waals surface area contributed by atoms with Crippen LogP contribution in [0.1, 0.15) is 21.5 Å². The lowest BCUT2D eigenvalue weighted by molar-refractivity contribution is -0.118. The van der Waals surface area contributed by atoms with E-state index >= 15 is 0 Å². The first-order valence-corrected chi connectivity index (χ1v) is 12.5. The molecule has 39 heavy (non-hydrogen) atoms. The van der Waals surface area contributed by atoms with E-state index in [2.05, 4.69) is 31.3 Å². The lowest BCUT2D eigenvalue weighted by Gasteiger charge is -2.14. The third-order valence-electron chi connectivity index (χ3n) is 5.29. The SMILES string of the molecule is COC(=O)c1ccc(NC(=O)/C(C#N)=C\c2cc(Br)c(OCC(=O)Nc3ccc(C)c(Cl)c3)c(OC)c2)cc1. The molecule has 0 aliphatic rings. The van der Waals surface area contributed by atoms with Crippen molar-refractivity contribution in [1.29, 1.82) is 5.26 Å². The number of anilines is 2. The van der Waals surface area contributed by atoms with Crippen molar-refractivity contribution in [1.82, 2.24) is 0 Å². The van der Waals surface area contributed by atoms with Crippen molar-refractivity contribution < 1.29 is 28.6 Å². The van der Waals surface area contributed by atoms with Crippen LogP contribution in [-0.2, 0) is 14.3 Å². The minimum Gasteiger partial charge on any atom is -0.493 e. The van der Waals surface area contributed by atoms with Crippen LogP contribution in [0.3, 0.4) is 0 Å². The van der Waals surface area contributed by atoms with Crippen molar-refractivity contribution in [2.45, 2.75) is 6.92 Å². The second-order valence-electron chi connectivity index (χ2n) is 8.03. The highest BCUT2D eigenvalue weighted by Gasteiger charge is 2.16. The minimum atomic E-state index is -0.647. The van der Waals surface area contributed by atoms with Crippen LogP contribution in [0.2, 0.25) is 5.02 Å². The smallest absolute Gasteiger partial charge is 0.337 e. The van der Waals surface area contributed by atoms with E-state index in [1.165, 1.54) is 44.6 Å². The Morgan fingerprint density at radius 1 is 1.03 bits per heavy atom. The van der Waals surface area contributed by atoms with Crippen molar-refractivity contribution in [3.05, 3.63) is 86.4 Å². The lowest BCUT2D eigenvalue weighted by atomic mass is 10.1. The van der Waals surface area contributed by atoms with Gasteiger partial charge in [0, 0.05) is 16.4 Å². The zero-order valence-corrected chi connectivity index (χ0v) is 23.5. The quantitative estimate of drug-likeness (QED) is 0.178. The summed E-state index contributed by atoms with van der Waals surface area (Å²) >= 11 is 9.50. The van der Waals surface area contributed by atoms with E-state index in [1.807, 2.05) is 13.0 Å². The maximum absolute atomic E-state index is 12.7. The molecule has 11 heteroatoms. The lowest BCUT2D eigenvalue weighted by Crippen LogP contribution is -2.20. The second kappa shape index (κ2) is 13.5. The molecule has 0 unspecified atom stereocenters. The minimum absolute atomic E-state index is 0.175. The van der Waals surface area contributed by atoms with Gasteiger partial charge in [-0.25, -0.2) is 4.79 Å². The van der Waals surface area contributed by atoms with Crippen LogP contribution >= 0.6 is 27.5 Å². The predicted octanol–water partition coefficient (Wildman–Crippen LogP) is 5.77. The molecule has 3 aromatic carbocycles. The van der Waals surface area contributed by atoms with Crippen LogP contribution in [0.15, 0.2) is 64.6 Å². The summed E-state index contributed by atoms with van der Waals surface area (Å²) in [5, 5.41) is 15.4. The van der Waals surface area contributed by atoms with Gasteiger partial charge < -0.3 is 24.8 Å². The fraction of sp³-hybridized carbons (Fsp3) is 0.143. The van der Waals surface area contributed by atoms with Crippen LogP contribution in [-0.4, -0.2) is 38.6 Å². The zero-order chi connectivity index (χ0) is 28.5. The van der Waals surface area contributed by atoms with Crippen LogP contribution in [0.5, 0.6) is 11.5 Å². The topological polar surface area (TPSA) is 127 Å². The van der Waals surface area contributed by atoms with E-state index < -0.39 is 17.8 Å². The van der Waals surface area contributed by atoms with E-state index in [9.17, 15) is 19.6 Å². The molecule has 0 fully saturated rings. The number of nitrogens with zero attached hydrogens (tertiary/aromatic N) is 1. The summed E-state index contributed by atoms with van der Waals surface area (Å²) < 4.78 is 16.2. The van der Waals surface area contributed by atoms with Gasteiger partial charge in [0.15, 0.2) is 18.1 Å². The molecule has 0 aliphatic carbocycles. The van der Waals surface area contributed by atoms with Gasteiger partial charge in [0.2, 0.25) is 0 Å². The number of ether oxygens (including phenoxy) is 3. The van der Waals surface area contributed by atoms with Gasteiger partial charge in [-0.2, -0.15) is 5.26 Å². The van der Waals surface area contributed by atoms with Crippen molar-refractivity contribution in [2.75, 3.05) is 31.5 Å². The van der Waals surface area contributed by atoms with Gasteiger partial charge >= 0.3 is 5.97 Å². The normalized spacial score (nSPS) is 10.7. The molecule has 2 N–H and O–H groups in total. The molecule has 0 radical (unpaired) electrons. The van der Waals surface area contributed by atoms with Crippen LogP contribution in [0.25, 0.3) is 6.08 Å². The average molecular weight is 613 g/mol. The molecule has 0 saturated heterocycles. The number of rotatable bonds is 9. The third kappa shape index (κ3) is 7.83. The van der Waals surface area contributed by atoms with Crippen LogP contribution in [0, 0.1) is 18.3 Å². The molecule has 0 atom stereocenters. The summed E-state index contributed by atoms with van der Waals surface area (Å²) in [6.07, 6.45) is 1.38. The number of hydrogen-bond acceptors (Lipinski definition) is 7.